The van der Waals surface area contributed by atoms with Gasteiger partial charge in [-0.15, -0.1) is 15.3 Å². The highest BCUT2D eigenvalue weighted by Crippen LogP contribution is 2.29. The maximum absolute atomic E-state index is 13.1. The number of carbonyl (C=O) groups excluding carboxylic acids is 1. The minimum Gasteiger partial charge on any atom is -0.355 e. The van der Waals surface area contributed by atoms with Crippen molar-refractivity contribution in [3.8, 4) is 0 Å². The molecule has 1 aromatic carbocycles. The molecule has 1 N–H and O–H groups in total. The second kappa shape index (κ2) is 8.12. The highest BCUT2D eigenvalue weighted by molar-refractivity contribution is 5.79. The van der Waals surface area contributed by atoms with Gasteiger partial charge in [-0.25, -0.2) is 4.39 Å². The molecule has 1 atom stereocenters. The molecule has 0 unspecified atom stereocenters. The van der Waals surface area contributed by atoms with Crippen molar-refractivity contribution < 1.29 is 22.4 Å². The Labute approximate surface area is 175 Å². The van der Waals surface area contributed by atoms with E-state index >= 15 is 0 Å². The molecule has 1 amide bonds. The summed E-state index contributed by atoms with van der Waals surface area (Å²) in [6.07, 6.45) is -3.58. The lowest BCUT2D eigenvalue weighted by atomic mass is 9.95. The van der Waals surface area contributed by atoms with Crippen LogP contribution in [0.15, 0.2) is 36.4 Å². The normalized spacial score (nSPS) is 16.5. The first-order valence-corrected chi connectivity index (χ1v) is 9.83. The van der Waals surface area contributed by atoms with E-state index in [0.29, 0.717) is 36.3 Å². The number of rotatable bonds is 4. The van der Waals surface area contributed by atoms with Gasteiger partial charge >= 0.3 is 6.18 Å². The van der Waals surface area contributed by atoms with Crippen LogP contribution in [0.5, 0.6) is 0 Å². The standard InChI is InChI=1S/C20H20F4N6O/c1-12(13-2-4-15(21)5-3-13)25-18(31)14-8-10-29(11-9-14)17-7-6-16-26-27-19(20(22,23)24)30(16)28-17/h2-7,12,14H,8-11H2,1H3,(H,25,31)/t12-/m0/s1. The Kier molecular flexibility index (Phi) is 5.50. The van der Waals surface area contributed by atoms with Gasteiger partial charge in [-0.05, 0) is 49.6 Å². The minimum absolute atomic E-state index is 0.0140. The lowest BCUT2D eigenvalue weighted by Gasteiger charge is -2.32. The Morgan fingerprint density at radius 3 is 2.42 bits per heavy atom. The van der Waals surface area contributed by atoms with Gasteiger partial charge in [-0.2, -0.15) is 17.7 Å². The molecule has 164 valence electrons. The second-order valence-electron chi connectivity index (χ2n) is 7.53. The number of anilines is 1. The van der Waals surface area contributed by atoms with Gasteiger partial charge in [0, 0.05) is 19.0 Å². The average molecular weight is 436 g/mol. The minimum atomic E-state index is -4.66. The predicted octanol–water partition coefficient (Wildman–Crippen LogP) is 3.38. The Morgan fingerprint density at radius 2 is 1.77 bits per heavy atom. The van der Waals surface area contributed by atoms with Gasteiger partial charge in [0.05, 0.1) is 6.04 Å². The predicted molar refractivity (Wildman–Crippen MR) is 104 cm³/mol. The molecule has 3 aromatic rings. The van der Waals surface area contributed by atoms with Gasteiger partial charge in [0.15, 0.2) is 5.65 Å². The molecule has 31 heavy (non-hydrogen) atoms. The monoisotopic (exact) mass is 436 g/mol. The third-order valence-corrected chi connectivity index (χ3v) is 5.42. The molecule has 1 aliphatic rings. The summed E-state index contributed by atoms with van der Waals surface area (Å²) < 4.78 is 53.0. The number of hydrogen-bond donors (Lipinski definition) is 1. The van der Waals surface area contributed by atoms with E-state index in [9.17, 15) is 22.4 Å². The van der Waals surface area contributed by atoms with E-state index in [1.54, 1.807) is 18.2 Å². The Hall–Kier alpha value is -3.24. The first-order chi connectivity index (χ1) is 14.7. The van der Waals surface area contributed by atoms with Crippen molar-refractivity contribution in [3.63, 3.8) is 0 Å². The van der Waals surface area contributed by atoms with Crippen LogP contribution in [0.1, 0.15) is 37.2 Å². The Morgan fingerprint density at radius 1 is 1.10 bits per heavy atom. The zero-order valence-corrected chi connectivity index (χ0v) is 16.6. The number of carbonyl (C=O) groups is 1. The molecule has 1 aliphatic heterocycles. The number of amides is 1. The van der Waals surface area contributed by atoms with Crippen molar-refractivity contribution in [2.24, 2.45) is 5.92 Å². The Bertz CT molecular complexity index is 1070. The fourth-order valence-electron chi connectivity index (χ4n) is 3.66. The van der Waals surface area contributed by atoms with Crippen molar-refractivity contribution in [2.45, 2.75) is 32.0 Å². The molecular weight excluding hydrogens is 416 g/mol. The number of halogens is 4. The number of alkyl halides is 3. The van der Waals surface area contributed by atoms with Crippen LogP contribution < -0.4 is 10.2 Å². The van der Waals surface area contributed by atoms with E-state index in [0.717, 1.165) is 5.56 Å². The molecular formula is C20H20F4N6O. The van der Waals surface area contributed by atoms with Crippen LogP contribution in [-0.2, 0) is 11.0 Å². The number of fused-ring (bicyclic) bond motifs is 1. The molecule has 7 nitrogen and oxygen atoms in total. The topological polar surface area (TPSA) is 75.4 Å². The first kappa shape index (κ1) is 21.0. The summed E-state index contributed by atoms with van der Waals surface area (Å²) in [5.74, 6) is -1.46. The summed E-state index contributed by atoms with van der Waals surface area (Å²) >= 11 is 0. The van der Waals surface area contributed by atoms with Crippen molar-refractivity contribution in [3.05, 3.63) is 53.6 Å². The molecule has 0 radical (unpaired) electrons. The van der Waals surface area contributed by atoms with Crippen molar-refractivity contribution in [1.29, 1.82) is 0 Å². The van der Waals surface area contributed by atoms with Gasteiger partial charge in [-0.1, -0.05) is 12.1 Å². The van der Waals surface area contributed by atoms with Crippen LogP contribution in [-0.4, -0.2) is 38.8 Å². The summed E-state index contributed by atoms with van der Waals surface area (Å²) in [4.78, 5) is 14.5. The zero-order chi connectivity index (χ0) is 22.2. The van der Waals surface area contributed by atoms with Gasteiger partial charge in [0.2, 0.25) is 5.91 Å². The van der Waals surface area contributed by atoms with Crippen LogP contribution in [0.25, 0.3) is 5.65 Å². The maximum Gasteiger partial charge on any atom is 0.453 e. The van der Waals surface area contributed by atoms with E-state index in [1.807, 2.05) is 11.8 Å². The summed E-state index contributed by atoms with van der Waals surface area (Å²) in [5.41, 5.74) is 0.819. The van der Waals surface area contributed by atoms with Crippen LogP contribution in [0, 0.1) is 11.7 Å². The SMILES string of the molecule is C[C@H](NC(=O)C1CCN(c2ccc3nnc(C(F)(F)F)n3n2)CC1)c1ccc(F)cc1. The van der Waals surface area contributed by atoms with Gasteiger partial charge in [-0.3, -0.25) is 4.79 Å². The molecule has 0 aliphatic carbocycles. The van der Waals surface area contributed by atoms with E-state index in [-0.39, 0.29) is 29.3 Å². The molecule has 3 heterocycles. The van der Waals surface area contributed by atoms with Gasteiger partial charge < -0.3 is 10.2 Å². The van der Waals surface area contributed by atoms with E-state index < -0.39 is 12.0 Å². The third kappa shape index (κ3) is 4.44. The largest absolute Gasteiger partial charge is 0.453 e. The van der Waals surface area contributed by atoms with Crippen molar-refractivity contribution >= 4 is 17.4 Å². The third-order valence-electron chi connectivity index (χ3n) is 5.42. The molecule has 0 bridgehead atoms. The number of aromatic nitrogens is 4. The number of piperidine rings is 1. The molecule has 0 spiro atoms. The van der Waals surface area contributed by atoms with E-state index in [4.69, 9.17) is 0 Å². The van der Waals surface area contributed by atoms with Gasteiger partial charge in [0.1, 0.15) is 11.6 Å². The highest BCUT2D eigenvalue weighted by Gasteiger charge is 2.38. The maximum atomic E-state index is 13.1. The lowest BCUT2D eigenvalue weighted by molar-refractivity contribution is -0.146. The molecule has 2 aromatic heterocycles. The molecule has 0 saturated carbocycles. The summed E-state index contributed by atoms with van der Waals surface area (Å²) in [6, 6.07) is 8.73. The average Bonchev–Trinajstić information content (AvgIpc) is 3.18. The van der Waals surface area contributed by atoms with E-state index in [1.165, 1.54) is 18.2 Å². The highest BCUT2D eigenvalue weighted by atomic mass is 19.4. The molecule has 1 saturated heterocycles. The Balaban J connectivity index is 1.39. The molecule has 1 fully saturated rings. The molecule has 4 rings (SSSR count). The summed E-state index contributed by atoms with van der Waals surface area (Å²) in [6.45, 7) is 2.78. The fraction of sp³-hybridized carbons (Fsp3) is 0.400. The van der Waals surface area contributed by atoms with Crippen LogP contribution >= 0.6 is 0 Å². The fourth-order valence-corrected chi connectivity index (χ4v) is 3.66. The van der Waals surface area contributed by atoms with Crippen molar-refractivity contribution in [1.82, 2.24) is 25.1 Å². The van der Waals surface area contributed by atoms with Crippen LogP contribution in [0.4, 0.5) is 23.4 Å². The summed E-state index contributed by atoms with van der Waals surface area (Å²) in [7, 11) is 0. The van der Waals surface area contributed by atoms with Crippen LogP contribution in [0.3, 0.4) is 0 Å². The zero-order valence-electron chi connectivity index (χ0n) is 16.6. The summed E-state index contributed by atoms with van der Waals surface area (Å²) in [5, 5.41) is 13.7. The van der Waals surface area contributed by atoms with E-state index in [2.05, 4.69) is 20.6 Å². The number of nitrogens with zero attached hydrogens (tertiary/aromatic N) is 5. The van der Waals surface area contributed by atoms with Gasteiger partial charge in [0.25, 0.3) is 5.82 Å². The smallest absolute Gasteiger partial charge is 0.355 e. The first-order valence-electron chi connectivity index (χ1n) is 9.83. The van der Waals surface area contributed by atoms with Crippen LogP contribution in [0.2, 0.25) is 0 Å². The number of benzene rings is 1. The number of nitrogens with one attached hydrogen (secondary N) is 1. The molecule has 11 heteroatoms. The lowest BCUT2D eigenvalue weighted by Crippen LogP contribution is -2.41. The van der Waals surface area contributed by atoms with Crippen molar-refractivity contribution in [2.75, 3.05) is 18.0 Å². The number of hydrogen-bond acceptors (Lipinski definition) is 5. The quantitative estimate of drug-likeness (QED) is 0.635. The second-order valence-corrected chi connectivity index (χ2v) is 7.53.